The molecule has 0 radical (unpaired) electrons. The van der Waals surface area contributed by atoms with Crippen molar-refractivity contribution in [3.05, 3.63) is 59.9 Å². The number of carbonyl (C=O) groups is 3. The Balaban J connectivity index is 0.00000420. The fourth-order valence-corrected chi connectivity index (χ4v) is 2.31. The van der Waals surface area contributed by atoms with Gasteiger partial charge in [0.25, 0.3) is 5.91 Å². The quantitative estimate of drug-likeness (QED) is 0.483. The first-order valence-electron chi connectivity index (χ1n) is 8.97. The lowest BCUT2D eigenvalue weighted by Gasteiger charge is -2.15. The van der Waals surface area contributed by atoms with Crippen molar-refractivity contribution in [3.63, 3.8) is 0 Å². The molecule has 5 N–H and O–H groups in total. The van der Waals surface area contributed by atoms with Gasteiger partial charge in [0.15, 0.2) is 0 Å². The van der Waals surface area contributed by atoms with E-state index in [1.165, 1.54) is 0 Å². The fraction of sp³-hybridized carbons (Fsp3) is 0.300. The van der Waals surface area contributed by atoms with Crippen LogP contribution in [0.4, 0.5) is 5.69 Å². The van der Waals surface area contributed by atoms with E-state index in [1.54, 1.807) is 48.8 Å². The van der Waals surface area contributed by atoms with E-state index < -0.39 is 6.04 Å². The Morgan fingerprint density at radius 3 is 2.33 bits per heavy atom. The van der Waals surface area contributed by atoms with Crippen LogP contribution in [0.1, 0.15) is 29.8 Å². The van der Waals surface area contributed by atoms with Crippen LogP contribution in [-0.2, 0) is 16.1 Å². The number of rotatable bonds is 8. The normalized spacial score (nSPS) is 10.8. The molecule has 164 valence electrons. The molecule has 3 amide bonds. The average molecular weight is 456 g/mol. The van der Waals surface area contributed by atoms with Crippen LogP contribution in [0.3, 0.4) is 0 Å². The van der Waals surface area contributed by atoms with Crippen LogP contribution < -0.4 is 21.7 Å². The average Bonchev–Trinajstić information content (AvgIpc) is 2.70. The molecule has 0 aliphatic carbocycles. The van der Waals surface area contributed by atoms with Gasteiger partial charge in [-0.2, -0.15) is 0 Å². The van der Waals surface area contributed by atoms with Crippen molar-refractivity contribution in [3.8, 4) is 0 Å². The molecule has 2 aromatic rings. The molecular weight excluding hydrogens is 429 g/mol. The zero-order valence-corrected chi connectivity index (χ0v) is 18.4. The van der Waals surface area contributed by atoms with Crippen LogP contribution in [0.5, 0.6) is 0 Å². The number of hydrogen-bond donors (Lipinski definition) is 4. The number of nitrogens with two attached hydrogens (primary N) is 1. The van der Waals surface area contributed by atoms with Crippen LogP contribution in [0.2, 0.25) is 0 Å². The van der Waals surface area contributed by atoms with Gasteiger partial charge in [-0.15, -0.1) is 24.8 Å². The number of amides is 3. The number of benzene rings is 1. The predicted octanol–water partition coefficient (Wildman–Crippen LogP) is 1.89. The molecule has 2 rings (SSSR count). The smallest absolute Gasteiger partial charge is 0.255 e. The van der Waals surface area contributed by atoms with Gasteiger partial charge in [0.1, 0.15) is 0 Å². The molecule has 30 heavy (non-hydrogen) atoms. The van der Waals surface area contributed by atoms with Crippen LogP contribution >= 0.6 is 24.8 Å². The standard InChI is InChI=1S/C20H25N5O3.2ClH/c1-13(2)18(21)20(28)24-12-17(26)23-11-14-4-3-5-15(10-14)19(27)25-16-6-8-22-9-7-16;;/h3-10,13,18H,11-12,21H2,1-2H3,(H,23,26)(H,24,28)(H,22,25,27);2*1H/t18-;;/m0../s1. The van der Waals surface area contributed by atoms with Crippen molar-refractivity contribution in [2.45, 2.75) is 26.4 Å². The number of hydrogen-bond acceptors (Lipinski definition) is 5. The van der Waals surface area contributed by atoms with E-state index in [0.717, 1.165) is 5.56 Å². The SMILES string of the molecule is CC(C)[C@H](N)C(=O)NCC(=O)NCc1cccc(C(=O)Nc2ccncc2)c1.Cl.Cl. The predicted molar refractivity (Wildman–Crippen MR) is 121 cm³/mol. The summed E-state index contributed by atoms with van der Waals surface area (Å²) < 4.78 is 0. The van der Waals surface area contributed by atoms with Gasteiger partial charge in [0, 0.05) is 30.2 Å². The summed E-state index contributed by atoms with van der Waals surface area (Å²) in [6, 6.07) is 9.68. The molecule has 0 unspecified atom stereocenters. The third kappa shape index (κ3) is 8.77. The third-order valence-corrected chi connectivity index (χ3v) is 4.06. The summed E-state index contributed by atoms with van der Waals surface area (Å²) in [6.45, 7) is 3.76. The van der Waals surface area contributed by atoms with E-state index >= 15 is 0 Å². The lowest BCUT2D eigenvalue weighted by atomic mass is 10.1. The summed E-state index contributed by atoms with van der Waals surface area (Å²) in [5.74, 6) is -0.964. The lowest BCUT2D eigenvalue weighted by Crippen LogP contribution is -2.47. The Morgan fingerprint density at radius 2 is 1.70 bits per heavy atom. The number of nitrogens with zero attached hydrogens (tertiary/aromatic N) is 1. The Morgan fingerprint density at radius 1 is 1.03 bits per heavy atom. The molecule has 1 heterocycles. The van der Waals surface area contributed by atoms with E-state index in [-0.39, 0.29) is 61.5 Å². The minimum absolute atomic E-state index is 0. The van der Waals surface area contributed by atoms with E-state index in [4.69, 9.17) is 5.73 Å². The maximum atomic E-state index is 12.3. The molecule has 0 fully saturated rings. The molecule has 10 heteroatoms. The minimum Gasteiger partial charge on any atom is -0.350 e. The van der Waals surface area contributed by atoms with Gasteiger partial charge < -0.3 is 21.7 Å². The van der Waals surface area contributed by atoms with Gasteiger partial charge in [-0.1, -0.05) is 26.0 Å². The molecule has 0 spiro atoms. The Hall–Kier alpha value is -2.68. The molecule has 1 aromatic carbocycles. The highest BCUT2D eigenvalue weighted by atomic mass is 35.5. The molecule has 0 saturated carbocycles. The zero-order chi connectivity index (χ0) is 20.5. The number of pyridine rings is 1. The summed E-state index contributed by atoms with van der Waals surface area (Å²) in [5.41, 5.74) is 7.61. The van der Waals surface area contributed by atoms with E-state index in [0.29, 0.717) is 11.3 Å². The number of nitrogens with one attached hydrogen (secondary N) is 3. The van der Waals surface area contributed by atoms with Crippen LogP contribution in [0, 0.1) is 5.92 Å². The topological polar surface area (TPSA) is 126 Å². The second kappa shape index (κ2) is 13.5. The van der Waals surface area contributed by atoms with Crippen molar-refractivity contribution < 1.29 is 14.4 Å². The summed E-state index contributed by atoms with van der Waals surface area (Å²) in [6.07, 6.45) is 3.18. The molecule has 0 aliphatic heterocycles. The van der Waals surface area contributed by atoms with Gasteiger partial charge in [0.05, 0.1) is 12.6 Å². The molecule has 8 nitrogen and oxygen atoms in total. The van der Waals surface area contributed by atoms with Crippen molar-refractivity contribution >= 4 is 48.2 Å². The highest BCUT2D eigenvalue weighted by molar-refractivity contribution is 6.04. The summed E-state index contributed by atoms with van der Waals surface area (Å²) in [7, 11) is 0. The Labute approximate surface area is 188 Å². The van der Waals surface area contributed by atoms with Gasteiger partial charge in [0.2, 0.25) is 11.8 Å². The highest BCUT2D eigenvalue weighted by Gasteiger charge is 2.17. The molecule has 0 bridgehead atoms. The van der Waals surface area contributed by atoms with Gasteiger partial charge in [-0.3, -0.25) is 19.4 Å². The molecule has 0 saturated heterocycles. The monoisotopic (exact) mass is 455 g/mol. The summed E-state index contributed by atoms with van der Waals surface area (Å²) in [5, 5.41) is 7.99. The fourth-order valence-electron chi connectivity index (χ4n) is 2.31. The minimum atomic E-state index is -0.650. The largest absolute Gasteiger partial charge is 0.350 e. The molecular formula is C20H27Cl2N5O3. The van der Waals surface area contributed by atoms with E-state index in [1.807, 2.05) is 13.8 Å². The van der Waals surface area contributed by atoms with E-state index in [9.17, 15) is 14.4 Å². The number of carbonyl (C=O) groups excluding carboxylic acids is 3. The first-order chi connectivity index (χ1) is 13.4. The van der Waals surface area contributed by atoms with Crippen LogP contribution in [0.15, 0.2) is 48.8 Å². The zero-order valence-electron chi connectivity index (χ0n) is 16.8. The maximum Gasteiger partial charge on any atom is 0.255 e. The number of halogens is 2. The van der Waals surface area contributed by atoms with Crippen molar-refractivity contribution in [1.29, 1.82) is 0 Å². The molecule has 1 atom stereocenters. The third-order valence-electron chi connectivity index (χ3n) is 4.06. The van der Waals surface area contributed by atoms with Crippen molar-refractivity contribution in [2.75, 3.05) is 11.9 Å². The first-order valence-corrected chi connectivity index (χ1v) is 8.97. The Kier molecular flexibility index (Phi) is 12.3. The second-order valence-electron chi connectivity index (χ2n) is 6.65. The van der Waals surface area contributed by atoms with Gasteiger partial charge in [-0.25, -0.2) is 0 Å². The van der Waals surface area contributed by atoms with Crippen molar-refractivity contribution in [1.82, 2.24) is 15.6 Å². The maximum absolute atomic E-state index is 12.3. The van der Waals surface area contributed by atoms with Crippen LogP contribution in [0.25, 0.3) is 0 Å². The second-order valence-corrected chi connectivity index (χ2v) is 6.65. The summed E-state index contributed by atoms with van der Waals surface area (Å²) >= 11 is 0. The van der Waals surface area contributed by atoms with Gasteiger partial charge in [-0.05, 0) is 35.7 Å². The van der Waals surface area contributed by atoms with Gasteiger partial charge >= 0.3 is 0 Å². The number of aromatic nitrogens is 1. The summed E-state index contributed by atoms with van der Waals surface area (Å²) in [4.78, 5) is 39.9. The highest BCUT2D eigenvalue weighted by Crippen LogP contribution is 2.10. The first kappa shape index (κ1) is 27.3. The molecule has 0 aliphatic rings. The van der Waals surface area contributed by atoms with Crippen molar-refractivity contribution in [2.24, 2.45) is 11.7 Å². The molecule has 1 aromatic heterocycles. The van der Waals surface area contributed by atoms with Crippen LogP contribution in [-0.4, -0.2) is 35.3 Å². The van der Waals surface area contributed by atoms with E-state index in [2.05, 4.69) is 20.9 Å². The number of anilines is 1. The lowest BCUT2D eigenvalue weighted by molar-refractivity contribution is -0.127. The Bertz CT molecular complexity index is 834.